The molecule has 2 amide bonds. The van der Waals surface area contributed by atoms with Gasteiger partial charge >= 0.3 is 10.5 Å². The number of rotatable bonds is 8. The molecule has 0 spiro atoms. The maximum atomic E-state index is 13.2. The summed E-state index contributed by atoms with van der Waals surface area (Å²) in [5.74, 6) is -0.834. The van der Waals surface area contributed by atoms with Crippen LogP contribution in [0.2, 0.25) is 5.02 Å². The van der Waals surface area contributed by atoms with Crippen LogP contribution in [-0.4, -0.2) is 73.3 Å². The van der Waals surface area contributed by atoms with Crippen LogP contribution in [0.1, 0.15) is 35.7 Å². The standard InChI is InChI=1S/C26H29ClFN5O5S/c1-31(2)14-7-13-23(34)32-15-4-3-9-19(17-32)33-24-21(27)11-6-12-22(24)29-26(33)30-25(35)18-8-5-10-20(16-18)38-39(28,36)37/h5-8,10-13,16,19H,3-4,9,14-15,17H2,1-2H3,(H,29,30,35)/b13-7+/t19-/m1/s1. The Labute approximate surface area is 231 Å². The van der Waals surface area contributed by atoms with Crippen LogP contribution < -0.4 is 9.50 Å². The molecular weight excluding hydrogens is 549 g/mol. The molecule has 1 aliphatic heterocycles. The first-order valence-electron chi connectivity index (χ1n) is 12.3. The van der Waals surface area contributed by atoms with E-state index in [9.17, 15) is 21.9 Å². The molecule has 1 saturated heterocycles. The Morgan fingerprint density at radius 1 is 1.23 bits per heavy atom. The van der Waals surface area contributed by atoms with Crippen molar-refractivity contribution in [2.45, 2.75) is 25.3 Å². The monoisotopic (exact) mass is 577 g/mol. The van der Waals surface area contributed by atoms with Gasteiger partial charge in [0.05, 0.1) is 22.1 Å². The second kappa shape index (κ2) is 12.1. The smallest absolute Gasteiger partial charge is 0.358 e. The summed E-state index contributed by atoms with van der Waals surface area (Å²) in [6.07, 6.45) is 5.81. The molecule has 0 saturated carbocycles. The average Bonchev–Trinajstić information content (AvgIpc) is 3.05. The SMILES string of the molecule is CN(C)C/C=C/C(=O)N1CCCC[C@@H](n2c(NC(=O)c3cccc(OS(=O)(=O)F)c3)nc3cccc(Cl)c32)C1. The van der Waals surface area contributed by atoms with E-state index in [4.69, 9.17) is 11.6 Å². The number of hydrogen-bond acceptors (Lipinski definition) is 7. The highest BCUT2D eigenvalue weighted by Crippen LogP contribution is 2.34. The van der Waals surface area contributed by atoms with Gasteiger partial charge in [-0.25, -0.2) is 4.98 Å². The number of amides is 2. The molecule has 0 radical (unpaired) electrons. The van der Waals surface area contributed by atoms with E-state index >= 15 is 0 Å². The fourth-order valence-corrected chi connectivity index (χ4v) is 5.12. The molecule has 1 atom stereocenters. The summed E-state index contributed by atoms with van der Waals surface area (Å²) in [7, 11) is -1.40. The Balaban J connectivity index is 1.66. The maximum absolute atomic E-state index is 13.2. The third-order valence-electron chi connectivity index (χ3n) is 6.23. The molecule has 208 valence electrons. The topological polar surface area (TPSA) is 114 Å². The van der Waals surface area contributed by atoms with E-state index in [1.165, 1.54) is 18.2 Å². The molecule has 2 heterocycles. The number of likely N-dealkylation sites (N-methyl/N-ethyl adjacent to an activating group) is 1. The molecule has 2 aromatic carbocycles. The summed E-state index contributed by atoms with van der Waals surface area (Å²) in [5.41, 5.74) is 1.22. The lowest BCUT2D eigenvalue weighted by Crippen LogP contribution is -2.34. The molecule has 1 fully saturated rings. The van der Waals surface area contributed by atoms with Crippen molar-refractivity contribution in [2.24, 2.45) is 0 Å². The minimum Gasteiger partial charge on any atom is -0.358 e. The van der Waals surface area contributed by atoms with Crippen molar-refractivity contribution < 1.29 is 26.1 Å². The molecule has 1 N–H and O–H groups in total. The molecule has 0 aliphatic carbocycles. The zero-order valence-corrected chi connectivity index (χ0v) is 23.1. The van der Waals surface area contributed by atoms with Crippen LogP contribution in [0.3, 0.4) is 0 Å². The number of fused-ring (bicyclic) bond motifs is 1. The zero-order valence-electron chi connectivity index (χ0n) is 21.5. The van der Waals surface area contributed by atoms with Crippen LogP contribution in [0.4, 0.5) is 9.83 Å². The summed E-state index contributed by atoms with van der Waals surface area (Å²) in [6.45, 7) is 1.64. The lowest BCUT2D eigenvalue weighted by molar-refractivity contribution is -0.126. The minimum absolute atomic E-state index is 0.0320. The summed E-state index contributed by atoms with van der Waals surface area (Å²) in [4.78, 5) is 34.5. The van der Waals surface area contributed by atoms with Gasteiger partial charge in [0.15, 0.2) is 0 Å². The molecule has 10 nitrogen and oxygen atoms in total. The van der Waals surface area contributed by atoms with Gasteiger partial charge in [-0.2, -0.15) is 8.42 Å². The molecule has 0 bridgehead atoms. The lowest BCUT2D eigenvalue weighted by atomic mass is 10.1. The largest absolute Gasteiger partial charge is 0.488 e. The van der Waals surface area contributed by atoms with Gasteiger partial charge in [-0.1, -0.05) is 33.7 Å². The van der Waals surface area contributed by atoms with Crippen LogP contribution in [0.5, 0.6) is 5.75 Å². The molecule has 13 heteroatoms. The van der Waals surface area contributed by atoms with Gasteiger partial charge in [0, 0.05) is 31.3 Å². The Kier molecular flexibility index (Phi) is 8.88. The summed E-state index contributed by atoms with van der Waals surface area (Å²) >= 11 is 6.59. The normalized spacial score (nSPS) is 16.5. The first-order chi connectivity index (χ1) is 18.5. The fourth-order valence-electron chi connectivity index (χ4n) is 4.53. The van der Waals surface area contributed by atoms with Crippen LogP contribution in [0.15, 0.2) is 54.6 Å². The first kappa shape index (κ1) is 28.5. The van der Waals surface area contributed by atoms with E-state index in [0.29, 0.717) is 35.7 Å². The van der Waals surface area contributed by atoms with Crippen molar-refractivity contribution >= 4 is 50.9 Å². The number of nitrogens with one attached hydrogen (secondary N) is 1. The van der Waals surface area contributed by atoms with Crippen molar-refractivity contribution in [2.75, 3.05) is 39.0 Å². The van der Waals surface area contributed by atoms with Crippen molar-refractivity contribution in [1.82, 2.24) is 19.4 Å². The van der Waals surface area contributed by atoms with Crippen LogP contribution in [0.25, 0.3) is 11.0 Å². The second-order valence-electron chi connectivity index (χ2n) is 9.47. The molecule has 4 rings (SSSR count). The van der Waals surface area contributed by atoms with Gasteiger partial charge in [-0.15, -0.1) is 0 Å². The molecule has 1 aromatic heterocycles. The maximum Gasteiger partial charge on any atom is 0.488 e. The summed E-state index contributed by atoms with van der Waals surface area (Å²) < 4.78 is 40.8. The second-order valence-corrected chi connectivity index (χ2v) is 10.8. The minimum atomic E-state index is -5.25. The highest BCUT2D eigenvalue weighted by Gasteiger charge is 2.27. The molecule has 39 heavy (non-hydrogen) atoms. The number of halogens is 2. The highest BCUT2D eigenvalue weighted by atomic mass is 35.5. The predicted octanol–water partition coefficient (Wildman–Crippen LogP) is 4.21. The van der Waals surface area contributed by atoms with Crippen LogP contribution in [-0.2, 0) is 15.3 Å². The fraction of sp³-hybridized carbons (Fsp3) is 0.346. The van der Waals surface area contributed by atoms with Gasteiger partial charge in [-0.3, -0.25) is 14.9 Å². The number of nitrogens with zero attached hydrogens (tertiary/aromatic N) is 4. The van der Waals surface area contributed by atoms with Gasteiger partial charge in [0.2, 0.25) is 11.9 Å². The zero-order chi connectivity index (χ0) is 28.2. The van der Waals surface area contributed by atoms with Crippen LogP contribution in [0, 0.1) is 0 Å². The number of imidazole rings is 1. The third kappa shape index (κ3) is 7.34. The summed E-state index contributed by atoms with van der Waals surface area (Å²) in [5, 5.41) is 3.22. The van der Waals surface area contributed by atoms with Crippen molar-refractivity contribution in [3.63, 3.8) is 0 Å². The Morgan fingerprint density at radius 3 is 2.74 bits per heavy atom. The number of para-hydroxylation sites is 1. The molecule has 0 unspecified atom stereocenters. The number of benzene rings is 2. The number of carbonyl (C=O) groups is 2. The highest BCUT2D eigenvalue weighted by molar-refractivity contribution is 7.81. The number of carbonyl (C=O) groups excluding carboxylic acids is 2. The van der Waals surface area contributed by atoms with Crippen molar-refractivity contribution in [3.05, 3.63) is 65.2 Å². The van der Waals surface area contributed by atoms with Crippen LogP contribution >= 0.6 is 11.6 Å². The Hall–Kier alpha value is -3.48. The van der Waals surface area contributed by atoms with E-state index in [0.717, 1.165) is 25.3 Å². The van der Waals surface area contributed by atoms with E-state index in [-0.39, 0.29) is 29.2 Å². The van der Waals surface area contributed by atoms with Gasteiger partial charge in [0.1, 0.15) is 5.75 Å². The molecular formula is C26H29ClFN5O5S. The lowest BCUT2D eigenvalue weighted by Gasteiger charge is -2.26. The number of anilines is 1. The predicted molar refractivity (Wildman–Crippen MR) is 147 cm³/mol. The first-order valence-corrected chi connectivity index (χ1v) is 14.0. The van der Waals surface area contributed by atoms with E-state index in [2.05, 4.69) is 14.5 Å². The number of hydrogen-bond donors (Lipinski definition) is 1. The number of likely N-dealkylation sites (tertiary alicyclic amines) is 1. The number of aromatic nitrogens is 2. The van der Waals surface area contributed by atoms with Gasteiger partial charge < -0.3 is 18.6 Å². The van der Waals surface area contributed by atoms with E-state index < -0.39 is 16.4 Å². The third-order valence-corrected chi connectivity index (χ3v) is 6.93. The molecule has 1 aliphatic rings. The van der Waals surface area contributed by atoms with Gasteiger partial charge in [-0.05, 0) is 63.7 Å². The Bertz CT molecular complexity index is 1510. The Morgan fingerprint density at radius 2 is 2.00 bits per heavy atom. The van der Waals surface area contributed by atoms with Crippen molar-refractivity contribution in [1.29, 1.82) is 0 Å². The van der Waals surface area contributed by atoms with Crippen molar-refractivity contribution in [3.8, 4) is 5.75 Å². The molecule has 3 aromatic rings. The van der Waals surface area contributed by atoms with Gasteiger partial charge in [0.25, 0.3) is 5.91 Å². The summed E-state index contributed by atoms with van der Waals surface area (Å²) in [6, 6.07) is 10.2. The van der Waals surface area contributed by atoms with E-state index in [1.807, 2.05) is 29.6 Å². The average molecular weight is 578 g/mol. The van der Waals surface area contributed by atoms with E-state index in [1.54, 1.807) is 29.2 Å². The quantitative estimate of drug-likeness (QED) is 0.315.